The monoisotopic (exact) mass is 668 g/mol. The van der Waals surface area contributed by atoms with Crippen LogP contribution in [-0.2, 0) is 0 Å². The molecule has 10 rings (SSSR count). The average Bonchev–Trinajstić information content (AvgIpc) is 3.77. The standard InChI is InChI=1S/C48H32N2O2/c1-3-11-35(12-4-1)49(36-13-5-2-6-14-36)37-23-19-33(20-24-37)34-21-25-38(26-22-34)50(39-28-30-47-44(31-39)42-16-8-10-18-46(42)51-47)40-27-29-43-41-15-7-9-17-45(41)52-48(43)32-40/h1-32H. The first-order chi connectivity index (χ1) is 25.8. The molecule has 0 fully saturated rings. The smallest absolute Gasteiger partial charge is 0.137 e. The van der Waals surface area contributed by atoms with Gasteiger partial charge in [0, 0.05) is 61.7 Å². The third kappa shape index (κ3) is 5.17. The molecule has 0 N–H and O–H groups in total. The lowest BCUT2D eigenvalue weighted by Crippen LogP contribution is -2.10. The Morgan fingerprint density at radius 2 is 0.635 bits per heavy atom. The number of rotatable bonds is 7. The molecule has 0 aliphatic carbocycles. The third-order valence-corrected chi connectivity index (χ3v) is 9.85. The molecular weight excluding hydrogens is 637 g/mol. The molecule has 52 heavy (non-hydrogen) atoms. The van der Waals surface area contributed by atoms with Crippen molar-refractivity contribution in [1.29, 1.82) is 0 Å². The predicted octanol–water partition coefficient (Wildman–Crippen LogP) is 14.1. The predicted molar refractivity (Wildman–Crippen MR) is 216 cm³/mol. The number of nitrogens with zero attached hydrogens (tertiary/aromatic N) is 2. The lowest BCUT2D eigenvalue weighted by Gasteiger charge is -2.26. The highest BCUT2D eigenvalue weighted by Gasteiger charge is 2.18. The van der Waals surface area contributed by atoms with Crippen LogP contribution in [0.5, 0.6) is 0 Å². The zero-order chi connectivity index (χ0) is 34.4. The van der Waals surface area contributed by atoms with Gasteiger partial charge in [0.15, 0.2) is 0 Å². The van der Waals surface area contributed by atoms with Crippen LogP contribution in [0.1, 0.15) is 0 Å². The average molecular weight is 669 g/mol. The second kappa shape index (κ2) is 12.4. The number of para-hydroxylation sites is 4. The molecule has 0 aliphatic rings. The van der Waals surface area contributed by atoms with Gasteiger partial charge >= 0.3 is 0 Å². The molecule has 4 heteroatoms. The molecule has 0 atom stereocenters. The molecule has 8 aromatic carbocycles. The number of fused-ring (bicyclic) bond motifs is 6. The van der Waals surface area contributed by atoms with Crippen molar-refractivity contribution < 1.29 is 8.83 Å². The van der Waals surface area contributed by atoms with E-state index in [4.69, 9.17) is 8.83 Å². The normalized spacial score (nSPS) is 11.5. The van der Waals surface area contributed by atoms with E-state index in [9.17, 15) is 0 Å². The van der Waals surface area contributed by atoms with Crippen molar-refractivity contribution in [2.45, 2.75) is 0 Å². The van der Waals surface area contributed by atoms with Crippen molar-refractivity contribution >= 4 is 78.0 Å². The van der Waals surface area contributed by atoms with Crippen molar-refractivity contribution in [1.82, 2.24) is 0 Å². The van der Waals surface area contributed by atoms with Gasteiger partial charge in [-0.2, -0.15) is 0 Å². The minimum atomic E-state index is 0.857. The minimum absolute atomic E-state index is 0.857. The first-order valence-electron chi connectivity index (χ1n) is 17.5. The van der Waals surface area contributed by atoms with Gasteiger partial charge in [0.05, 0.1) is 0 Å². The van der Waals surface area contributed by atoms with Crippen molar-refractivity contribution in [3.63, 3.8) is 0 Å². The van der Waals surface area contributed by atoms with Gasteiger partial charge in [0.25, 0.3) is 0 Å². The molecule has 2 aromatic heterocycles. The third-order valence-electron chi connectivity index (χ3n) is 9.85. The van der Waals surface area contributed by atoms with Crippen LogP contribution in [0.4, 0.5) is 34.1 Å². The minimum Gasteiger partial charge on any atom is -0.456 e. The zero-order valence-corrected chi connectivity index (χ0v) is 28.2. The van der Waals surface area contributed by atoms with Gasteiger partial charge in [-0.05, 0) is 102 Å². The zero-order valence-electron chi connectivity index (χ0n) is 28.2. The lowest BCUT2D eigenvalue weighted by molar-refractivity contribution is 0.668. The van der Waals surface area contributed by atoms with Crippen LogP contribution in [0.25, 0.3) is 55.0 Å². The summed E-state index contributed by atoms with van der Waals surface area (Å²) in [7, 11) is 0. The topological polar surface area (TPSA) is 32.8 Å². The molecule has 2 heterocycles. The number of hydrogen-bond acceptors (Lipinski definition) is 4. The van der Waals surface area contributed by atoms with Crippen LogP contribution in [0.15, 0.2) is 203 Å². The Bertz CT molecular complexity index is 2800. The highest BCUT2D eigenvalue weighted by molar-refractivity contribution is 6.08. The van der Waals surface area contributed by atoms with Crippen molar-refractivity contribution in [3.8, 4) is 11.1 Å². The summed E-state index contributed by atoms with van der Waals surface area (Å²) in [5, 5.41) is 4.41. The molecular formula is C48H32N2O2. The molecule has 0 amide bonds. The van der Waals surface area contributed by atoms with Crippen LogP contribution in [0.2, 0.25) is 0 Å². The molecule has 0 bridgehead atoms. The summed E-state index contributed by atoms with van der Waals surface area (Å²) in [6.07, 6.45) is 0. The van der Waals surface area contributed by atoms with E-state index in [2.05, 4.69) is 180 Å². The van der Waals surface area contributed by atoms with E-state index in [1.54, 1.807) is 0 Å². The highest BCUT2D eigenvalue weighted by Crippen LogP contribution is 2.42. The second-order valence-electron chi connectivity index (χ2n) is 13.0. The van der Waals surface area contributed by atoms with E-state index in [1.165, 1.54) is 0 Å². The number of furan rings is 2. The van der Waals surface area contributed by atoms with E-state index in [1.807, 2.05) is 24.3 Å². The van der Waals surface area contributed by atoms with Gasteiger partial charge in [-0.15, -0.1) is 0 Å². The van der Waals surface area contributed by atoms with Gasteiger partial charge in [-0.25, -0.2) is 0 Å². The Kier molecular flexibility index (Phi) is 7.10. The van der Waals surface area contributed by atoms with Gasteiger partial charge in [-0.3, -0.25) is 0 Å². The van der Waals surface area contributed by atoms with Gasteiger partial charge < -0.3 is 18.6 Å². The second-order valence-corrected chi connectivity index (χ2v) is 13.0. The van der Waals surface area contributed by atoms with Crippen LogP contribution in [0.3, 0.4) is 0 Å². The molecule has 0 unspecified atom stereocenters. The molecule has 4 nitrogen and oxygen atoms in total. The fourth-order valence-corrected chi connectivity index (χ4v) is 7.36. The Labute approximate surface area is 301 Å². The van der Waals surface area contributed by atoms with Gasteiger partial charge in [-0.1, -0.05) is 97.1 Å². The summed E-state index contributed by atoms with van der Waals surface area (Å²) in [5.41, 5.74) is 12.2. The summed E-state index contributed by atoms with van der Waals surface area (Å²) < 4.78 is 12.5. The van der Waals surface area contributed by atoms with Crippen molar-refractivity contribution in [2.24, 2.45) is 0 Å². The van der Waals surface area contributed by atoms with Crippen LogP contribution >= 0.6 is 0 Å². The Morgan fingerprint density at radius 1 is 0.250 bits per heavy atom. The lowest BCUT2D eigenvalue weighted by atomic mass is 10.0. The summed E-state index contributed by atoms with van der Waals surface area (Å²) in [5.74, 6) is 0. The fourth-order valence-electron chi connectivity index (χ4n) is 7.36. The molecule has 246 valence electrons. The van der Waals surface area contributed by atoms with E-state index >= 15 is 0 Å². The quantitative estimate of drug-likeness (QED) is 0.169. The van der Waals surface area contributed by atoms with Gasteiger partial charge in [0.1, 0.15) is 22.3 Å². The van der Waals surface area contributed by atoms with Crippen molar-refractivity contribution in [3.05, 3.63) is 194 Å². The Hall–Kier alpha value is -7.04. The maximum absolute atomic E-state index is 6.35. The Morgan fingerprint density at radius 3 is 1.23 bits per heavy atom. The molecule has 10 aromatic rings. The number of anilines is 6. The summed E-state index contributed by atoms with van der Waals surface area (Å²) in [6.45, 7) is 0. The first kappa shape index (κ1) is 29.8. The first-order valence-corrected chi connectivity index (χ1v) is 17.5. The van der Waals surface area contributed by atoms with E-state index < -0.39 is 0 Å². The molecule has 0 aliphatic heterocycles. The number of benzene rings is 8. The highest BCUT2D eigenvalue weighted by atomic mass is 16.3. The van der Waals surface area contributed by atoms with Crippen LogP contribution < -0.4 is 9.80 Å². The molecule has 0 radical (unpaired) electrons. The Balaban J connectivity index is 1.04. The fraction of sp³-hybridized carbons (Fsp3) is 0. The maximum Gasteiger partial charge on any atom is 0.137 e. The number of hydrogen-bond donors (Lipinski definition) is 0. The molecule has 0 spiro atoms. The van der Waals surface area contributed by atoms with Crippen LogP contribution in [0, 0.1) is 0 Å². The largest absolute Gasteiger partial charge is 0.456 e. The summed E-state index contributed by atoms with van der Waals surface area (Å²) in [4.78, 5) is 4.57. The molecule has 0 saturated heterocycles. The maximum atomic E-state index is 6.35. The summed E-state index contributed by atoms with van der Waals surface area (Å²) >= 11 is 0. The van der Waals surface area contributed by atoms with E-state index in [0.717, 1.165) is 89.1 Å². The van der Waals surface area contributed by atoms with Gasteiger partial charge in [0.2, 0.25) is 0 Å². The van der Waals surface area contributed by atoms with Crippen molar-refractivity contribution in [2.75, 3.05) is 9.80 Å². The van der Waals surface area contributed by atoms with E-state index in [0.29, 0.717) is 0 Å². The summed E-state index contributed by atoms with van der Waals surface area (Å²) in [6, 6.07) is 67.9. The SMILES string of the molecule is c1ccc(N(c2ccccc2)c2ccc(-c3ccc(N(c4ccc5c(c4)oc4ccccc45)c4ccc5oc6ccccc6c5c4)cc3)cc2)cc1. The van der Waals surface area contributed by atoms with E-state index in [-0.39, 0.29) is 0 Å². The van der Waals surface area contributed by atoms with Crippen LogP contribution in [-0.4, -0.2) is 0 Å². The molecule has 0 saturated carbocycles.